The number of halogens is 1. The summed E-state index contributed by atoms with van der Waals surface area (Å²) in [6, 6.07) is 9.35. The SMILES string of the molecule is C=CCNS(=O)(=O)c1ccc(C(=O)Nc2c(C)cc(C)cc2Cl)cc1. The van der Waals surface area contributed by atoms with Crippen molar-refractivity contribution in [3.63, 3.8) is 0 Å². The fourth-order valence-electron chi connectivity index (χ4n) is 2.30. The van der Waals surface area contributed by atoms with Crippen molar-refractivity contribution in [2.45, 2.75) is 18.7 Å². The Kier molecular flexibility index (Phi) is 6.00. The fraction of sp³-hybridized carbons (Fsp3) is 0.167. The van der Waals surface area contributed by atoms with E-state index in [2.05, 4.69) is 16.6 Å². The van der Waals surface area contributed by atoms with Gasteiger partial charge in [0.15, 0.2) is 0 Å². The van der Waals surface area contributed by atoms with Gasteiger partial charge in [-0.3, -0.25) is 4.79 Å². The maximum atomic E-state index is 12.4. The standard InChI is InChI=1S/C18H19ClN2O3S/c1-4-9-20-25(23,24)15-7-5-14(6-8-15)18(22)21-17-13(3)10-12(2)11-16(17)19/h4-8,10-11,20H,1,9H2,2-3H3,(H,21,22). The lowest BCUT2D eigenvalue weighted by Gasteiger charge is -2.12. The Labute approximate surface area is 152 Å². The van der Waals surface area contributed by atoms with Crippen molar-refractivity contribution in [3.05, 3.63) is 70.8 Å². The number of amides is 1. The van der Waals surface area contributed by atoms with Crippen LogP contribution in [0.3, 0.4) is 0 Å². The van der Waals surface area contributed by atoms with Crippen LogP contribution in [0.1, 0.15) is 21.5 Å². The predicted octanol–water partition coefficient (Wildman–Crippen LogP) is 3.67. The minimum Gasteiger partial charge on any atom is -0.320 e. The van der Waals surface area contributed by atoms with Crippen LogP contribution in [0, 0.1) is 13.8 Å². The number of nitrogens with one attached hydrogen (secondary N) is 2. The number of hydrogen-bond acceptors (Lipinski definition) is 3. The molecule has 7 heteroatoms. The summed E-state index contributed by atoms with van der Waals surface area (Å²) >= 11 is 6.19. The Morgan fingerprint density at radius 1 is 1.20 bits per heavy atom. The van der Waals surface area contributed by atoms with Gasteiger partial charge in [0.05, 0.1) is 15.6 Å². The molecule has 0 aliphatic heterocycles. The summed E-state index contributed by atoms with van der Waals surface area (Å²) in [7, 11) is -3.62. The van der Waals surface area contributed by atoms with Crippen molar-refractivity contribution >= 4 is 33.2 Å². The number of anilines is 1. The highest BCUT2D eigenvalue weighted by atomic mass is 35.5. The van der Waals surface area contributed by atoms with Crippen LogP contribution in [0.2, 0.25) is 5.02 Å². The summed E-state index contributed by atoms with van der Waals surface area (Å²) in [6.07, 6.45) is 1.45. The molecule has 5 nitrogen and oxygen atoms in total. The Morgan fingerprint density at radius 3 is 2.40 bits per heavy atom. The summed E-state index contributed by atoms with van der Waals surface area (Å²) in [6.45, 7) is 7.38. The molecule has 2 N–H and O–H groups in total. The van der Waals surface area contributed by atoms with E-state index in [1.807, 2.05) is 19.9 Å². The van der Waals surface area contributed by atoms with Gasteiger partial charge in [0.25, 0.3) is 5.91 Å². The summed E-state index contributed by atoms with van der Waals surface area (Å²) in [5.74, 6) is -0.364. The molecule has 25 heavy (non-hydrogen) atoms. The Balaban J connectivity index is 2.20. The zero-order valence-corrected chi connectivity index (χ0v) is 15.5. The van der Waals surface area contributed by atoms with Gasteiger partial charge in [0, 0.05) is 12.1 Å². The van der Waals surface area contributed by atoms with Crippen LogP contribution in [-0.2, 0) is 10.0 Å². The molecule has 0 bridgehead atoms. The number of benzene rings is 2. The van der Waals surface area contributed by atoms with Crippen LogP contribution in [0.4, 0.5) is 5.69 Å². The summed E-state index contributed by atoms with van der Waals surface area (Å²) < 4.78 is 26.4. The van der Waals surface area contributed by atoms with E-state index in [0.717, 1.165) is 11.1 Å². The predicted molar refractivity (Wildman–Crippen MR) is 101 cm³/mol. The van der Waals surface area contributed by atoms with Gasteiger partial charge in [-0.25, -0.2) is 13.1 Å². The first-order chi connectivity index (χ1) is 11.7. The van der Waals surface area contributed by atoms with Crippen molar-refractivity contribution < 1.29 is 13.2 Å². The molecule has 0 spiro atoms. The van der Waals surface area contributed by atoms with Gasteiger partial charge in [0.1, 0.15) is 0 Å². The van der Waals surface area contributed by atoms with E-state index in [0.29, 0.717) is 16.3 Å². The highest BCUT2D eigenvalue weighted by Gasteiger charge is 2.15. The van der Waals surface area contributed by atoms with Crippen LogP contribution in [-0.4, -0.2) is 20.9 Å². The van der Waals surface area contributed by atoms with Crippen LogP contribution >= 0.6 is 11.6 Å². The number of carbonyl (C=O) groups excluding carboxylic acids is 1. The van der Waals surface area contributed by atoms with Crippen molar-refractivity contribution in [2.75, 3.05) is 11.9 Å². The maximum Gasteiger partial charge on any atom is 0.255 e. The minimum absolute atomic E-state index is 0.0791. The van der Waals surface area contributed by atoms with E-state index in [1.165, 1.54) is 30.3 Å². The average molecular weight is 379 g/mol. The maximum absolute atomic E-state index is 12.4. The number of rotatable bonds is 6. The van der Waals surface area contributed by atoms with Crippen molar-refractivity contribution in [1.29, 1.82) is 0 Å². The van der Waals surface area contributed by atoms with Crippen LogP contribution in [0.5, 0.6) is 0 Å². The van der Waals surface area contributed by atoms with E-state index in [4.69, 9.17) is 11.6 Å². The van der Waals surface area contributed by atoms with Gasteiger partial charge in [-0.15, -0.1) is 6.58 Å². The largest absolute Gasteiger partial charge is 0.320 e. The molecule has 0 unspecified atom stereocenters. The van der Waals surface area contributed by atoms with E-state index in [-0.39, 0.29) is 17.3 Å². The molecule has 0 saturated heterocycles. The second-order valence-corrected chi connectivity index (χ2v) is 7.73. The number of sulfonamides is 1. The molecule has 0 fully saturated rings. The minimum atomic E-state index is -3.62. The fourth-order valence-corrected chi connectivity index (χ4v) is 3.66. The van der Waals surface area contributed by atoms with E-state index < -0.39 is 10.0 Å². The molecule has 0 atom stereocenters. The molecule has 2 aromatic carbocycles. The first-order valence-electron chi connectivity index (χ1n) is 7.53. The lowest BCUT2D eigenvalue weighted by Crippen LogP contribution is -2.23. The summed E-state index contributed by atoms with van der Waals surface area (Å²) in [4.78, 5) is 12.5. The molecule has 0 aromatic heterocycles. The lowest BCUT2D eigenvalue weighted by molar-refractivity contribution is 0.102. The second kappa shape index (κ2) is 7.82. The molecule has 132 valence electrons. The zero-order valence-electron chi connectivity index (χ0n) is 14.0. The number of hydrogen-bond donors (Lipinski definition) is 2. The molecule has 1 amide bonds. The average Bonchev–Trinajstić information content (AvgIpc) is 2.56. The van der Waals surface area contributed by atoms with Crippen LogP contribution in [0.25, 0.3) is 0 Å². The van der Waals surface area contributed by atoms with E-state index in [1.54, 1.807) is 6.07 Å². The number of aryl methyl sites for hydroxylation is 2. The topological polar surface area (TPSA) is 75.3 Å². The van der Waals surface area contributed by atoms with E-state index >= 15 is 0 Å². The molecular weight excluding hydrogens is 360 g/mol. The third-order valence-corrected chi connectivity index (χ3v) is 5.25. The monoisotopic (exact) mass is 378 g/mol. The molecule has 0 aliphatic rings. The summed E-state index contributed by atoms with van der Waals surface area (Å²) in [5, 5.41) is 3.22. The van der Waals surface area contributed by atoms with Gasteiger partial charge in [-0.1, -0.05) is 23.7 Å². The second-order valence-electron chi connectivity index (χ2n) is 5.56. The Bertz CT molecular complexity index is 883. The molecule has 2 aromatic rings. The van der Waals surface area contributed by atoms with Crippen LogP contribution in [0.15, 0.2) is 53.9 Å². The molecule has 0 saturated carbocycles. The van der Waals surface area contributed by atoms with Crippen molar-refractivity contribution in [3.8, 4) is 0 Å². The lowest BCUT2D eigenvalue weighted by atomic mass is 10.1. The Hall–Kier alpha value is -2.15. The molecule has 0 heterocycles. The number of carbonyl (C=O) groups is 1. The summed E-state index contributed by atoms with van der Waals surface area (Å²) in [5.41, 5.74) is 2.73. The van der Waals surface area contributed by atoms with Gasteiger partial charge >= 0.3 is 0 Å². The highest BCUT2D eigenvalue weighted by Crippen LogP contribution is 2.27. The first-order valence-corrected chi connectivity index (χ1v) is 9.39. The van der Waals surface area contributed by atoms with E-state index in [9.17, 15) is 13.2 Å². The van der Waals surface area contributed by atoms with Gasteiger partial charge in [-0.2, -0.15) is 0 Å². The molecule has 2 rings (SSSR count). The molecular formula is C18H19ClN2O3S. The third-order valence-electron chi connectivity index (χ3n) is 3.51. The zero-order chi connectivity index (χ0) is 18.6. The first kappa shape index (κ1) is 19.2. The molecule has 0 radical (unpaired) electrons. The molecule has 0 aliphatic carbocycles. The third kappa shape index (κ3) is 4.69. The van der Waals surface area contributed by atoms with Gasteiger partial charge in [-0.05, 0) is 55.3 Å². The normalized spacial score (nSPS) is 11.2. The van der Waals surface area contributed by atoms with Gasteiger partial charge < -0.3 is 5.32 Å². The highest BCUT2D eigenvalue weighted by molar-refractivity contribution is 7.89. The van der Waals surface area contributed by atoms with Crippen molar-refractivity contribution in [2.24, 2.45) is 0 Å². The Morgan fingerprint density at radius 2 is 1.84 bits per heavy atom. The van der Waals surface area contributed by atoms with Crippen molar-refractivity contribution in [1.82, 2.24) is 4.72 Å². The van der Waals surface area contributed by atoms with Gasteiger partial charge in [0.2, 0.25) is 10.0 Å². The smallest absolute Gasteiger partial charge is 0.255 e. The van der Waals surface area contributed by atoms with Crippen LogP contribution < -0.4 is 10.0 Å². The quantitative estimate of drug-likeness (QED) is 0.753.